The number of halogens is 1. The molecular formula is C23H19ClN4O3S. The van der Waals surface area contributed by atoms with Crippen molar-refractivity contribution in [3.63, 3.8) is 0 Å². The summed E-state index contributed by atoms with van der Waals surface area (Å²) in [6, 6.07) is 19.5. The highest BCUT2D eigenvalue weighted by molar-refractivity contribution is 7.16. The summed E-state index contributed by atoms with van der Waals surface area (Å²) in [7, 11) is 1.75. The van der Waals surface area contributed by atoms with E-state index in [2.05, 4.69) is 5.10 Å². The second-order valence-electron chi connectivity index (χ2n) is 7.22. The molecule has 32 heavy (non-hydrogen) atoms. The fourth-order valence-corrected chi connectivity index (χ4v) is 4.43. The van der Waals surface area contributed by atoms with Crippen LogP contribution in [-0.2, 0) is 17.8 Å². The SMILES string of the molecule is CN(Cc1ccc(Cl)s1)C(=O)Cc1cn(-c2ccccc2)nc1-c1ccc([N+](=O)[O-])cc1. The van der Waals surface area contributed by atoms with E-state index in [-0.39, 0.29) is 18.0 Å². The molecule has 9 heteroatoms. The lowest BCUT2D eigenvalue weighted by Gasteiger charge is -2.16. The van der Waals surface area contributed by atoms with E-state index in [1.165, 1.54) is 23.5 Å². The van der Waals surface area contributed by atoms with Crippen molar-refractivity contribution in [3.8, 4) is 16.9 Å². The minimum absolute atomic E-state index is 0.00297. The third-order valence-corrected chi connectivity index (χ3v) is 6.17. The summed E-state index contributed by atoms with van der Waals surface area (Å²) in [5.74, 6) is -0.0645. The van der Waals surface area contributed by atoms with Gasteiger partial charge in [-0.2, -0.15) is 5.10 Å². The van der Waals surface area contributed by atoms with Gasteiger partial charge in [0.2, 0.25) is 5.91 Å². The fourth-order valence-electron chi connectivity index (χ4n) is 3.29. The van der Waals surface area contributed by atoms with E-state index < -0.39 is 4.92 Å². The van der Waals surface area contributed by atoms with Crippen LogP contribution in [0.15, 0.2) is 72.9 Å². The number of amides is 1. The van der Waals surface area contributed by atoms with Crippen LogP contribution in [-0.4, -0.2) is 32.6 Å². The van der Waals surface area contributed by atoms with E-state index in [1.54, 1.807) is 28.8 Å². The molecule has 2 heterocycles. The van der Waals surface area contributed by atoms with E-state index in [0.717, 1.165) is 16.1 Å². The number of nitro benzene ring substituents is 1. The van der Waals surface area contributed by atoms with Crippen LogP contribution >= 0.6 is 22.9 Å². The predicted molar refractivity (Wildman–Crippen MR) is 125 cm³/mol. The number of carbonyl (C=O) groups is 1. The first kappa shape index (κ1) is 21.7. The van der Waals surface area contributed by atoms with Crippen molar-refractivity contribution in [1.82, 2.24) is 14.7 Å². The van der Waals surface area contributed by atoms with Crippen molar-refractivity contribution in [2.45, 2.75) is 13.0 Å². The molecule has 4 rings (SSSR count). The number of benzene rings is 2. The van der Waals surface area contributed by atoms with Gasteiger partial charge in [0.15, 0.2) is 0 Å². The Kier molecular flexibility index (Phi) is 6.34. The zero-order valence-electron chi connectivity index (χ0n) is 17.1. The van der Waals surface area contributed by atoms with Gasteiger partial charge in [-0.25, -0.2) is 4.68 Å². The number of hydrogen-bond acceptors (Lipinski definition) is 5. The number of nitrogens with zero attached hydrogens (tertiary/aromatic N) is 4. The number of non-ortho nitro benzene ring substituents is 1. The molecule has 0 saturated carbocycles. The Balaban J connectivity index is 1.64. The lowest BCUT2D eigenvalue weighted by Crippen LogP contribution is -2.27. The summed E-state index contributed by atoms with van der Waals surface area (Å²) >= 11 is 7.44. The van der Waals surface area contributed by atoms with Crippen LogP contribution in [0.4, 0.5) is 5.69 Å². The number of nitro groups is 1. The van der Waals surface area contributed by atoms with Gasteiger partial charge in [0.1, 0.15) is 0 Å². The molecule has 0 aliphatic carbocycles. The molecule has 0 spiro atoms. The standard InChI is InChI=1S/C23H19ClN4O3S/c1-26(15-20-11-12-21(24)32-20)22(29)13-17-14-27(18-5-3-2-4-6-18)25-23(17)16-7-9-19(10-8-16)28(30)31/h2-12,14H,13,15H2,1H3. The Bertz CT molecular complexity index is 1250. The highest BCUT2D eigenvalue weighted by Crippen LogP contribution is 2.27. The summed E-state index contributed by atoms with van der Waals surface area (Å²) in [6.45, 7) is 0.468. The van der Waals surface area contributed by atoms with Crippen molar-refractivity contribution in [3.05, 3.63) is 97.8 Å². The molecule has 0 radical (unpaired) electrons. The Morgan fingerprint density at radius 1 is 1.12 bits per heavy atom. The average molecular weight is 467 g/mol. The third kappa shape index (κ3) is 4.87. The lowest BCUT2D eigenvalue weighted by atomic mass is 10.1. The van der Waals surface area contributed by atoms with Crippen LogP contribution in [0.5, 0.6) is 0 Å². The summed E-state index contributed by atoms with van der Waals surface area (Å²) in [6.07, 6.45) is 1.98. The minimum atomic E-state index is -0.442. The third-order valence-electron chi connectivity index (χ3n) is 4.95. The van der Waals surface area contributed by atoms with Gasteiger partial charge in [-0.3, -0.25) is 14.9 Å². The number of rotatable bonds is 7. The maximum Gasteiger partial charge on any atom is 0.269 e. The fraction of sp³-hybridized carbons (Fsp3) is 0.130. The van der Waals surface area contributed by atoms with E-state index in [1.807, 2.05) is 48.7 Å². The van der Waals surface area contributed by atoms with Crippen LogP contribution in [0.1, 0.15) is 10.4 Å². The van der Waals surface area contributed by atoms with E-state index in [9.17, 15) is 14.9 Å². The van der Waals surface area contributed by atoms with Gasteiger partial charge in [0, 0.05) is 41.4 Å². The highest BCUT2D eigenvalue weighted by Gasteiger charge is 2.19. The first-order valence-electron chi connectivity index (χ1n) is 9.77. The van der Waals surface area contributed by atoms with Crippen molar-refractivity contribution < 1.29 is 9.72 Å². The molecule has 1 amide bonds. The van der Waals surface area contributed by atoms with E-state index in [4.69, 9.17) is 11.6 Å². The van der Waals surface area contributed by atoms with Gasteiger partial charge in [0.25, 0.3) is 5.69 Å². The topological polar surface area (TPSA) is 81.3 Å². The second-order valence-corrected chi connectivity index (χ2v) is 9.02. The molecule has 2 aromatic carbocycles. The number of carbonyl (C=O) groups excluding carboxylic acids is 1. The first-order valence-corrected chi connectivity index (χ1v) is 11.0. The van der Waals surface area contributed by atoms with Crippen LogP contribution in [0.25, 0.3) is 16.9 Å². The summed E-state index contributed by atoms with van der Waals surface area (Å²) in [4.78, 5) is 26.2. The molecule has 4 aromatic rings. The molecule has 0 N–H and O–H groups in total. The lowest BCUT2D eigenvalue weighted by molar-refractivity contribution is -0.384. The predicted octanol–water partition coefficient (Wildman–Crippen LogP) is 5.36. The van der Waals surface area contributed by atoms with Crippen LogP contribution in [0.3, 0.4) is 0 Å². The maximum absolute atomic E-state index is 13.0. The summed E-state index contributed by atoms with van der Waals surface area (Å²) < 4.78 is 2.41. The van der Waals surface area contributed by atoms with E-state index >= 15 is 0 Å². The molecule has 0 unspecified atom stereocenters. The Morgan fingerprint density at radius 2 is 1.84 bits per heavy atom. The number of thiophene rings is 1. The quantitative estimate of drug-likeness (QED) is 0.271. The zero-order chi connectivity index (χ0) is 22.7. The molecule has 0 atom stereocenters. The Labute approximate surface area is 193 Å². The number of para-hydroxylation sites is 1. The first-order chi connectivity index (χ1) is 15.4. The van der Waals surface area contributed by atoms with Gasteiger partial charge in [-0.15, -0.1) is 11.3 Å². The van der Waals surface area contributed by atoms with Crippen molar-refractivity contribution >= 4 is 34.5 Å². The van der Waals surface area contributed by atoms with Crippen molar-refractivity contribution in [1.29, 1.82) is 0 Å². The smallest absolute Gasteiger partial charge is 0.269 e. The van der Waals surface area contributed by atoms with E-state index in [0.29, 0.717) is 22.1 Å². The number of aromatic nitrogens is 2. The van der Waals surface area contributed by atoms with Gasteiger partial charge in [-0.1, -0.05) is 29.8 Å². The Hall–Kier alpha value is -3.49. The van der Waals surface area contributed by atoms with Crippen LogP contribution in [0, 0.1) is 10.1 Å². The highest BCUT2D eigenvalue weighted by atomic mass is 35.5. The molecule has 0 fully saturated rings. The minimum Gasteiger partial charge on any atom is -0.340 e. The molecular weight excluding hydrogens is 448 g/mol. The van der Waals surface area contributed by atoms with Gasteiger partial charge < -0.3 is 4.90 Å². The monoisotopic (exact) mass is 466 g/mol. The zero-order valence-corrected chi connectivity index (χ0v) is 18.7. The second kappa shape index (κ2) is 9.33. The van der Waals surface area contributed by atoms with Gasteiger partial charge in [-0.05, 0) is 36.4 Å². The maximum atomic E-state index is 13.0. The largest absolute Gasteiger partial charge is 0.340 e. The van der Waals surface area contributed by atoms with Gasteiger partial charge in [0.05, 0.1) is 33.6 Å². The summed E-state index contributed by atoms with van der Waals surface area (Å²) in [5.41, 5.74) is 2.92. The summed E-state index contributed by atoms with van der Waals surface area (Å²) in [5, 5.41) is 15.7. The van der Waals surface area contributed by atoms with Crippen molar-refractivity contribution in [2.75, 3.05) is 7.05 Å². The molecule has 0 aliphatic rings. The van der Waals surface area contributed by atoms with Gasteiger partial charge >= 0.3 is 0 Å². The normalized spacial score (nSPS) is 10.8. The molecule has 0 saturated heterocycles. The molecule has 2 aromatic heterocycles. The Morgan fingerprint density at radius 3 is 2.47 bits per heavy atom. The average Bonchev–Trinajstić information content (AvgIpc) is 3.40. The molecule has 0 bridgehead atoms. The molecule has 7 nitrogen and oxygen atoms in total. The number of hydrogen-bond donors (Lipinski definition) is 0. The van der Waals surface area contributed by atoms with Crippen molar-refractivity contribution in [2.24, 2.45) is 0 Å². The number of likely N-dealkylation sites (N-methyl/N-ethyl adjacent to an activating group) is 1. The van der Waals surface area contributed by atoms with Crippen LogP contribution in [0.2, 0.25) is 4.34 Å². The molecule has 0 aliphatic heterocycles. The van der Waals surface area contributed by atoms with Crippen LogP contribution < -0.4 is 0 Å². The molecule has 162 valence electrons.